The maximum Gasteiger partial charge on any atom is 0.358 e. The summed E-state index contributed by atoms with van der Waals surface area (Å²) in [6.45, 7) is 0. The van der Waals surface area contributed by atoms with Crippen molar-refractivity contribution in [2.75, 3.05) is 7.11 Å². The number of aromatic nitrogens is 1. The maximum atomic E-state index is 11.7. The Kier molecular flexibility index (Phi) is 2.91. The number of ether oxygens (including phenoxy) is 1. The summed E-state index contributed by atoms with van der Waals surface area (Å²) in [5, 5.41) is 20.5. The van der Waals surface area contributed by atoms with E-state index in [0.717, 1.165) is 19.2 Å². The van der Waals surface area contributed by atoms with Crippen LogP contribution >= 0.6 is 0 Å². The van der Waals surface area contributed by atoms with Crippen molar-refractivity contribution in [2.24, 2.45) is 0 Å². The van der Waals surface area contributed by atoms with Gasteiger partial charge in [0.2, 0.25) is 0 Å². The third-order valence-corrected chi connectivity index (χ3v) is 2.58. The van der Waals surface area contributed by atoms with Gasteiger partial charge in [-0.25, -0.2) is 4.79 Å². The molecule has 0 amide bonds. The van der Waals surface area contributed by atoms with E-state index in [1.165, 1.54) is 6.07 Å². The summed E-state index contributed by atoms with van der Waals surface area (Å²) in [5.41, 5.74) is -1.40. The van der Waals surface area contributed by atoms with Crippen molar-refractivity contribution in [2.45, 2.75) is 0 Å². The van der Waals surface area contributed by atoms with Gasteiger partial charge < -0.3 is 14.8 Å². The number of rotatable bonds is 2. The number of carbonyl (C=O) groups is 1. The van der Waals surface area contributed by atoms with E-state index in [4.69, 9.17) is 0 Å². The second-order valence-corrected chi connectivity index (χ2v) is 3.66. The minimum absolute atomic E-state index is 0.0377. The number of hydrogen-bond donors (Lipinski definition) is 2. The van der Waals surface area contributed by atoms with E-state index in [-0.39, 0.29) is 16.5 Å². The number of esters is 1. The molecule has 0 spiro atoms. The van der Waals surface area contributed by atoms with E-state index in [1.54, 1.807) is 0 Å². The van der Waals surface area contributed by atoms with Gasteiger partial charge in [0, 0.05) is 17.5 Å². The molecule has 1 heterocycles. The number of H-pyrrole nitrogens is 1. The number of non-ortho nitro benzene ring substituents is 1. The Morgan fingerprint density at radius 2 is 2.11 bits per heavy atom. The molecule has 0 saturated carbocycles. The predicted octanol–water partition coefficient (Wildman–Crippen LogP) is 0.928. The lowest BCUT2D eigenvalue weighted by Crippen LogP contribution is -2.14. The number of fused-ring (bicyclic) bond motifs is 1. The summed E-state index contributed by atoms with van der Waals surface area (Å²) in [5.74, 6) is -1.51. The summed E-state index contributed by atoms with van der Waals surface area (Å²) in [7, 11) is 1.08. The van der Waals surface area contributed by atoms with E-state index >= 15 is 0 Å². The SMILES string of the molecule is COC(=O)c1[nH]c(=O)c2ccc([N+](=O)[O-])cc2c1O. The average molecular weight is 264 g/mol. The first-order valence-electron chi connectivity index (χ1n) is 5.07. The molecular weight excluding hydrogens is 256 g/mol. The molecule has 0 radical (unpaired) electrons. The standard InChI is InChI=1S/C11H8N2O6/c1-19-11(16)8-9(14)7-4-5(13(17)18)2-3-6(7)10(15)12-8/h2-4,14H,1H3,(H,12,15). The number of benzene rings is 1. The minimum Gasteiger partial charge on any atom is -0.505 e. The van der Waals surface area contributed by atoms with Crippen LogP contribution in [0, 0.1) is 10.1 Å². The fourth-order valence-electron chi connectivity index (χ4n) is 1.66. The summed E-state index contributed by atoms with van der Waals surface area (Å²) in [6, 6.07) is 3.36. The molecule has 0 aliphatic heterocycles. The maximum absolute atomic E-state index is 11.7. The third kappa shape index (κ3) is 1.99. The molecule has 0 aliphatic carbocycles. The molecule has 2 rings (SSSR count). The van der Waals surface area contributed by atoms with Crippen LogP contribution in [0.15, 0.2) is 23.0 Å². The molecule has 2 aromatic rings. The summed E-state index contributed by atoms with van der Waals surface area (Å²) < 4.78 is 4.40. The lowest BCUT2D eigenvalue weighted by atomic mass is 10.1. The van der Waals surface area contributed by atoms with Crippen LogP contribution in [0.3, 0.4) is 0 Å². The Hall–Kier alpha value is -2.90. The van der Waals surface area contributed by atoms with Gasteiger partial charge in [0.1, 0.15) is 0 Å². The smallest absolute Gasteiger partial charge is 0.358 e. The Labute approximate surface area is 105 Å². The summed E-state index contributed by atoms with van der Waals surface area (Å²) >= 11 is 0. The first kappa shape index (κ1) is 12.6. The molecule has 0 unspecified atom stereocenters. The molecule has 0 fully saturated rings. The molecule has 19 heavy (non-hydrogen) atoms. The van der Waals surface area contributed by atoms with Crippen molar-refractivity contribution in [3.05, 3.63) is 44.4 Å². The Morgan fingerprint density at radius 1 is 1.42 bits per heavy atom. The van der Waals surface area contributed by atoms with E-state index in [1.807, 2.05) is 0 Å². The van der Waals surface area contributed by atoms with Gasteiger partial charge in [-0.3, -0.25) is 14.9 Å². The molecule has 0 aliphatic rings. The molecule has 0 atom stereocenters. The van der Waals surface area contributed by atoms with Crippen LogP contribution in [0.2, 0.25) is 0 Å². The fourth-order valence-corrected chi connectivity index (χ4v) is 1.66. The van der Waals surface area contributed by atoms with Gasteiger partial charge in [-0.15, -0.1) is 0 Å². The highest BCUT2D eigenvalue weighted by Crippen LogP contribution is 2.28. The first-order valence-corrected chi connectivity index (χ1v) is 5.07. The largest absolute Gasteiger partial charge is 0.505 e. The van der Waals surface area contributed by atoms with Crippen molar-refractivity contribution in [3.63, 3.8) is 0 Å². The number of methoxy groups -OCH3 is 1. The van der Waals surface area contributed by atoms with Crippen LogP contribution in [-0.4, -0.2) is 28.1 Å². The molecule has 0 bridgehead atoms. The second kappa shape index (κ2) is 4.41. The molecule has 98 valence electrons. The zero-order valence-corrected chi connectivity index (χ0v) is 9.67. The van der Waals surface area contributed by atoms with Gasteiger partial charge in [0.15, 0.2) is 11.4 Å². The highest BCUT2D eigenvalue weighted by molar-refractivity contribution is 5.99. The Morgan fingerprint density at radius 3 is 2.68 bits per heavy atom. The number of nitrogens with one attached hydrogen (secondary N) is 1. The van der Waals surface area contributed by atoms with E-state index < -0.39 is 27.9 Å². The molecule has 8 nitrogen and oxygen atoms in total. The van der Waals surface area contributed by atoms with Crippen LogP contribution < -0.4 is 5.56 Å². The molecular formula is C11H8N2O6. The van der Waals surface area contributed by atoms with Crippen molar-refractivity contribution in [1.82, 2.24) is 4.98 Å². The van der Waals surface area contributed by atoms with Crippen molar-refractivity contribution < 1.29 is 19.6 Å². The zero-order valence-electron chi connectivity index (χ0n) is 9.67. The van der Waals surface area contributed by atoms with Crippen LogP contribution in [-0.2, 0) is 4.74 Å². The fraction of sp³-hybridized carbons (Fsp3) is 0.0909. The number of aromatic hydroxyl groups is 1. The highest BCUT2D eigenvalue weighted by atomic mass is 16.6. The summed E-state index contributed by atoms with van der Waals surface area (Å²) in [6.07, 6.45) is 0. The van der Waals surface area contributed by atoms with Gasteiger partial charge in [-0.2, -0.15) is 0 Å². The zero-order chi connectivity index (χ0) is 14.2. The van der Waals surface area contributed by atoms with Gasteiger partial charge in [-0.1, -0.05) is 0 Å². The van der Waals surface area contributed by atoms with E-state index in [9.17, 15) is 24.8 Å². The van der Waals surface area contributed by atoms with E-state index in [0.29, 0.717) is 0 Å². The Balaban J connectivity index is 2.85. The number of hydrogen-bond acceptors (Lipinski definition) is 6. The van der Waals surface area contributed by atoms with Crippen LogP contribution in [0.5, 0.6) is 5.75 Å². The van der Waals surface area contributed by atoms with Gasteiger partial charge >= 0.3 is 5.97 Å². The van der Waals surface area contributed by atoms with Gasteiger partial charge in [-0.05, 0) is 6.07 Å². The Bertz CT molecular complexity index is 749. The number of nitro benzene ring substituents is 1. The van der Waals surface area contributed by atoms with Crippen LogP contribution in [0.1, 0.15) is 10.5 Å². The second-order valence-electron chi connectivity index (χ2n) is 3.66. The number of aromatic amines is 1. The van der Waals surface area contributed by atoms with Crippen molar-refractivity contribution in [1.29, 1.82) is 0 Å². The number of nitro groups is 1. The monoisotopic (exact) mass is 264 g/mol. The number of nitrogens with zero attached hydrogens (tertiary/aromatic N) is 1. The van der Waals surface area contributed by atoms with Crippen molar-refractivity contribution >= 4 is 22.4 Å². The third-order valence-electron chi connectivity index (χ3n) is 2.58. The van der Waals surface area contributed by atoms with Gasteiger partial charge in [0.25, 0.3) is 11.2 Å². The van der Waals surface area contributed by atoms with Crippen LogP contribution in [0.25, 0.3) is 10.8 Å². The molecule has 1 aromatic heterocycles. The lowest BCUT2D eigenvalue weighted by Gasteiger charge is -2.05. The molecule has 8 heteroatoms. The number of carbonyl (C=O) groups excluding carboxylic acids is 1. The van der Waals surface area contributed by atoms with Gasteiger partial charge in [0.05, 0.1) is 17.4 Å². The normalized spacial score (nSPS) is 10.4. The minimum atomic E-state index is -0.942. The number of pyridine rings is 1. The predicted molar refractivity (Wildman–Crippen MR) is 64.2 cm³/mol. The van der Waals surface area contributed by atoms with E-state index in [2.05, 4.69) is 9.72 Å². The highest BCUT2D eigenvalue weighted by Gasteiger charge is 2.19. The molecule has 0 saturated heterocycles. The quantitative estimate of drug-likeness (QED) is 0.472. The van der Waals surface area contributed by atoms with Crippen LogP contribution in [0.4, 0.5) is 5.69 Å². The lowest BCUT2D eigenvalue weighted by molar-refractivity contribution is -0.384. The topological polar surface area (TPSA) is 123 Å². The van der Waals surface area contributed by atoms with Crippen molar-refractivity contribution in [3.8, 4) is 5.75 Å². The summed E-state index contributed by atoms with van der Waals surface area (Å²) in [4.78, 5) is 35.2. The molecule has 1 aromatic carbocycles. The first-order chi connectivity index (χ1) is 8.95. The average Bonchev–Trinajstić information content (AvgIpc) is 2.41. The molecule has 2 N–H and O–H groups in total.